The summed E-state index contributed by atoms with van der Waals surface area (Å²) < 4.78 is 25.1. The number of halogens is 2. The van der Waals surface area contributed by atoms with E-state index in [-0.39, 0.29) is 18.4 Å². The number of urea groups is 1. The topological polar surface area (TPSA) is 54.0 Å². The molecular formula is C20H23ClFN3O3. The van der Waals surface area contributed by atoms with Gasteiger partial charge < -0.3 is 24.6 Å². The fourth-order valence-electron chi connectivity index (χ4n) is 2.76. The number of rotatable bonds is 6. The summed E-state index contributed by atoms with van der Waals surface area (Å²) in [6.45, 7) is 2.10. The Labute approximate surface area is 168 Å². The third-order valence-electron chi connectivity index (χ3n) is 4.30. The minimum Gasteiger partial charge on any atom is -0.486 e. The Bertz CT molecular complexity index is 847. The van der Waals surface area contributed by atoms with Crippen molar-refractivity contribution in [1.29, 1.82) is 0 Å². The first-order valence-corrected chi connectivity index (χ1v) is 9.35. The molecule has 0 radical (unpaired) electrons. The summed E-state index contributed by atoms with van der Waals surface area (Å²) in [6.07, 6.45) is 0. The standard InChI is InChI=1S/C20H23ClFN3O3/c1-24(2)7-8-25(13-14-5-3-4-6-16(14)22)20(26)23-17-12-19-18(11-15(17)21)27-9-10-28-19/h3-6,11-12H,7-10,13H2,1-2H3,(H,23,26). The lowest BCUT2D eigenvalue weighted by Crippen LogP contribution is -2.39. The molecule has 0 spiro atoms. The Balaban J connectivity index is 1.78. The summed E-state index contributed by atoms with van der Waals surface area (Å²) >= 11 is 6.29. The highest BCUT2D eigenvalue weighted by Gasteiger charge is 2.20. The molecule has 0 unspecified atom stereocenters. The summed E-state index contributed by atoms with van der Waals surface area (Å²) in [7, 11) is 3.83. The van der Waals surface area contributed by atoms with E-state index < -0.39 is 0 Å². The number of ether oxygens (including phenoxy) is 2. The second-order valence-corrected chi connectivity index (χ2v) is 7.13. The molecule has 8 heteroatoms. The van der Waals surface area contributed by atoms with Crippen LogP contribution in [0, 0.1) is 5.82 Å². The molecule has 6 nitrogen and oxygen atoms in total. The van der Waals surface area contributed by atoms with Gasteiger partial charge in [0.2, 0.25) is 0 Å². The maximum absolute atomic E-state index is 14.1. The normalized spacial score (nSPS) is 12.8. The van der Waals surface area contributed by atoms with Crippen molar-refractivity contribution >= 4 is 23.3 Å². The maximum Gasteiger partial charge on any atom is 0.322 e. The molecule has 1 N–H and O–H groups in total. The molecule has 1 aliphatic rings. The molecule has 0 bridgehead atoms. The lowest BCUT2D eigenvalue weighted by molar-refractivity contribution is 0.171. The van der Waals surface area contributed by atoms with Gasteiger partial charge in [-0.3, -0.25) is 0 Å². The van der Waals surface area contributed by atoms with Crippen molar-refractivity contribution in [3.63, 3.8) is 0 Å². The fraction of sp³-hybridized carbons (Fsp3) is 0.350. The smallest absolute Gasteiger partial charge is 0.322 e. The first kappa shape index (κ1) is 20.2. The van der Waals surface area contributed by atoms with Crippen molar-refractivity contribution < 1.29 is 18.7 Å². The number of amides is 2. The van der Waals surface area contributed by atoms with E-state index in [2.05, 4.69) is 5.32 Å². The molecule has 2 aromatic carbocycles. The van der Waals surface area contributed by atoms with Gasteiger partial charge in [0.1, 0.15) is 19.0 Å². The van der Waals surface area contributed by atoms with Crippen LogP contribution in [0.1, 0.15) is 5.56 Å². The van der Waals surface area contributed by atoms with Crippen LogP contribution in [-0.4, -0.2) is 56.2 Å². The van der Waals surface area contributed by atoms with Crippen LogP contribution < -0.4 is 14.8 Å². The largest absolute Gasteiger partial charge is 0.486 e. The molecule has 3 rings (SSSR count). The number of carbonyl (C=O) groups is 1. The summed E-state index contributed by atoms with van der Waals surface area (Å²) in [6, 6.07) is 9.31. The monoisotopic (exact) mass is 407 g/mol. The van der Waals surface area contributed by atoms with Gasteiger partial charge in [0.15, 0.2) is 11.5 Å². The molecule has 2 aromatic rings. The fourth-order valence-corrected chi connectivity index (χ4v) is 2.96. The second-order valence-electron chi connectivity index (χ2n) is 6.72. The molecule has 0 fully saturated rings. The number of anilines is 1. The quantitative estimate of drug-likeness (QED) is 0.790. The van der Waals surface area contributed by atoms with E-state index in [0.717, 1.165) is 0 Å². The third kappa shape index (κ3) is 5.05. The molecule has 1 heterocycles. The Hall–Kier alpha value is -2.51. The van der Waals surface area contributed by atoms with Gasteiger partial charge in [-0.2, -0.15) is 0 Å². The number of fused-ring (bicyclic) bond motifs is 1. The van der Waals surface area contributed by atoms with E-state index in [0.29, 0.717) is 54.1 Å². The van der Waals surface area contributed by atoms with Gasteiger partial charge in [-0.15, -0.1) is 0 Å². The third-order valence-corrected chi connectivity index (χ3v) is 4.61. The summed E-state index contributed by atoms with van der Waals surface area (Å²) in [5.74, 6) is 0.729. The zero-order valence-electron chi connectivity index (χ0n) is 15.9. The molecule has 2 amide bonds. The number of nitrogens with zero attached hydrogens (tertiary/aromatic N) is 2. The van der Waals surface area contributed by atoms with Crippen LogP contribution in [0.5, 0.6) is 11.5 Å². The number of hydrogen-bond acceptors (Lipinski definition) is 4. The predicted octanol–water partition coefficient (Wildman–Crippen LogP) is 3.85. The highest BCUT2D eigenvalue weighted by Crippen LogP contribution is 2.38. The number of benzene rings is 2. The first-order valence-electron chi connectivity index (χ1n) is 8.97. The molecule has 0 aliphatic carbocycles. The summed E-state index contributed by atoms with van der Waals surface area (Å²) in [5.41, 5.74) is 0.865. The molecule has 150 valence electrons. The number of nitrogens with one attached hydrogen (secondary N) is 1. The van der Waals surface area contributed by atoms with Crippen molar-refractivity contribution in [2.45, 2.75) is 6.54 Å². The highest BCUT2D eigenvalue weighted by atomic mass is 35.5. The predicted molar refractivity (Wildman–Crippen MR) is 107 cm³/mol. The minimum absolute atomic E-state index is 0.147. The number of likely N-dealkylation sites (N-methyl/N-ethyl adjacent to an activating group) is 1. The molecule has 28 heavy (non-hydrogen) atoms. The second kappa shape index (κ2) is 9.12. The molecular weight excluding hydrogens is 385 g/mol. The average Bonchev–Trinajstić information content (AvgIpc) is 2.66. The lowest BCUT2D eigenvalue weighted by Gasteiger charge is -2.26. The summed E-state index contributed by atoms with van der Waals surface area (Å²) in [4.78, 5) is 16.4. The average molecular weight is 408 g/mol. The van der Waals surface area contributed by atoms with Crippen LogP contribution in [0.15, 0.2) is 36.4 Å². The van der Waals surface area contributed by atoms with E-state index in [1.165, 1.54) is 6.07 Å². The van der Waals surface area contributed by atoms with Crippen molar-refractivity contribution in [2.75, 3.05) is 45.7 Å². The lowest BCUT2D eigenvalue weighted by atomic mass is 10.2. The van der Waals surface area contributed by atoms with Gasteiger partial charge >= 0.3 is 6.03 Å². The van der Waals surface area contributed by atoms with E-state index in [4.69, 9.17) is 21.1 Å². The molecule has 1 aliphatic heterocycles. The van der Waals surface area contributed by atoms with Gasteiger partial charge in [-0.1, -0.05) is 29.8 Å². The van der Waals surface area contributed by atoms with Crippen LogP contribution in [-0.2, 0) is 6.54 Å². The number of carbonyl (C=O) groups excluding carboxylic acids is 1. The van der Waals surface area contributed by atoms with Gasteiger partial charge in [-0.05, 0) is 20.2 Å². The highest BCUT2D eigenvalue weighted by molar-refractivity contribution is 6.34. The zero-order chi connectivity index (χ0) is 20.1. The van der Waals surface area contributed by atoms with Crippen molar-refractivity contribution in [3.8, 4) is 11.5 Å². The van der Waals surface area contributed by atoms with E-state index in [1.807, 2.05) is 19.0 Å². The molecule has 0 atom stereocenters. The molecule has 0 saturated carbocycles. The van der Waals surface area contributed by atoms with Crippen molar-refractivity contribution in [2.24, 2.45) is 0 Å². The molecule has 0 aromatic heterocycles. The Morgan fingerprint density at radius 1 is 1.14 bits per heavy atom. The van der Waals surface area contributed by atoms with Gasteiger partial charge in [0, 0.05) is 30.8 Å². The molecule has 0 saturated heterocycles. The first-order chi connectivity index (χ1) is 13.4. The van der Waals surface area contributed by atoms with Crippen molar-refractivity contribution in [1.82, 2.24) is 9.80 Å². The van der Waals surface area contributed by atoms with E-state index in [1.54, 1.807) is 35.2 Å². The zero-order valence-corrected chi connectivity index (χ0v) is 16.6. The van der Waals surface area contributed by atoms with Gasteiger partial charge in [-0.25, -0.2) is 9.18 Å². The van der Waals surface area contributed by atoms with Crippen LogP contribution in [0.4, 0.5) is 14.9 Å². The van der Waals surface area contributed by atoms with Gasteiger partial charge in [0.05, 0.1) is 17.3 Å². The maximum atomic E-state index is 14.1. The Morgan fingerprint density at radius 3 is 2.50 bits per heavy atom. The number of hydrogen-bond donors (Lipinski definition) is 1. The van der Waals surface area contributed by atoms with Crippen LogP contribution in [0.3, 0.4) is 0 Å². The van der Waals surface area contributed by atoms with E-state index >= 15 is 0 Å². The van der Waals surface area contributed by atoms with Crippen LogP contribution >= 0.6 is 11.6 Å². The van der Waals surface area contributed by atoms with Crippen LogP contribution in [0.2, 0.25) is 5.02 Å². The van der Waals surface area contributed by atoms with Crippen molar-refractivity contribution in [3.05, 3.63) is 52.8 Å². The van der Waals surface area contributed by atoms with Gasteiger partial charge in [0.25, 0.3) is 0 Å². The van der Waals surface area contributed by atoms with Crippen LogP contribution in [0.25, 0.3) is 0 Å². The SMILES string of the molecule is CN(C)CCN(Cc1ccccc1F)C(=O)Nc1cc2c(cc1Cl)OCCO2. The summed E-state index contributed by atoms with van der Waals surface area (Å²) in [5, 5.41) is 3.15. The Morgan fingerprint density at radius 2 is 1.82 bits per heavy atom. The van der Waals surface area contributed by atoms with E-state index in [9.17, 15) is 9.18 Å². The minimum atomic E-state index is -0.372. The Kier molecular flexibility index (Phi) is 6.59.